The van der Waals surface area contributed by atoms with Crippen LogP contribution in [-0.4, -0.2) is 23.7 Å². The Labute approximate surface area is 103 Å². The molecule has 0 saturated carbocycles. The predicted molar refractivity (Wildman–Crippen MR) is 61.5 cm³/mol. The van der Waals surface area contributed by atoms with Gasteiger partial charge in [0.25, 0.3) is 0 Å². The second-order valence-corrected chi connectivity index (χ2v) is 3.27. The number of nitriles is 1. The maximum Gasteiger partial charge on any atom is 0.343 e. The highest BCUT2D eigenvalue weighted by Crippen LogP contribution is 2.09. The first-order valence-corrected chi connectivity index (χ1v) is 4.98. The molecule has 0 bridgehead atoms. The van der Waals surface area contributed by atoms with E-state index in [1.165, 1.54) is 0 Å². The number of anilines is 1. The van der Waals surface area contributed by atoms with E-state index in [9.17, 15) is 9.59 Å². The maximum atomic E-state index is 11.2. The molecular weight excluding hydrogens is 238 g/mol. The van der Waals surface area contributed by atoms with E-state index in [4.69, 9.17) is 10.4 Å². The second kappa shape index (κ2) is 6.88. The van der Waals surface area contributed by atoms with Crippen molar-refractivity contribution in [1.82, 2.24) is 5.48 Å². The lowest BCUT2D eigenvalue weighted by atomic mass is 10.1. The van der Waals surface area contributed by atoms with Crippen LogP contribution in [0, 0.1) is 11.3 Å². The lowest BCUT2D eigenvalue weighted by Gasteiger charge is -2.06. The molecule has 1 aromatic carbocycles. The standard InChI is InChI=1S/C11H11N3O4/c12-6-5-8-1-3-9(4-2-8)13-11(17)14-18-7-10(15)16/h1-4H,5,7H2,(H,15,16)(H2,13,14,17). The van der Waals surface area contributed by atoms with Gasteiger partial charge in [0.1, 0.15) is 0 Å². The van der Waals surface area contributed by atoms with Crippen molar-refractivity contribution >= 4 is 17.7 Å². The quantitative estimate of drug-likeness (QED) is 0.671. The van der Waals surface area contributed by atoms with Gasteiger partial charge in [-0.1, -0.05) is 12.1 Å². The van der Waals surface area contributed by atoms with Crippen molar-refractivity contribution in [3.8, 4) is 6.07 Å². The number of carboxylic acid groups (broad SMARTS) is 1. The van der Waals surface area contributed by atoms with Gasteiger partial charge in [-0.2, -0.15) is 5.26 Å². The minimum atomic E-state index is -1.18. The Morgan fingerprint density at radius 3 is 2.56 bits per heavy atom. The molecule has 0 aliphatic carbocycles. The lowest BCUT2D eigenvalue weighted by Crippen LogP contribution is -2.30. The minimum absolute atomic E-state index is 0.300. The van der Waals surface area contributed by atoms with E-state index in [2.05, 4.69) is 10.2 Å². The first-order valence-electron chi connectivity index (χ1n) is 4.98. The molecule has 0 aliphatic rings. The largest absolute Gasteiger partial charge is 0.479 e. The van der Waals surface area contributed by atoms with Crippen LogP contribution in [0.1, 0.15) is 5.56 Å². The molecule has 94 valence electrons. The molecule has 7 heteroatoms. The van der Waals surface area contributed by atoms with Gasteiger partial charge in [-0.05, 0) is 17.7 Å². The Balaban J connectivity index is 2.40. The zero-order valence-corrected chi connectivity index (χ0v) is 9.34. The molecule has 0 atom stereocenters. The lowest BCUT2D eigenvalue weighted by molar-refractivity contribution is -0.143. The molecule has 7 nitrogen and oxygen atoms in total. The molecule has 0 spiro atoms. The number of nitrogens with one attached hydrogen (secondary N) is 2. The molecule has 1 rings (SSSR count). The van der Waals surface area contributed by atoms with Crippen LogP contribution < -0.4 is 10.8 Å². The van der Waals surface area contributed by atoms with Gasteiger partial charge in [0.15, 0.2) is 6.61 Å². The van der Waals surface area contributed by atoms with Crippen molar-refractivity contribution in [2.75, 3.05) is 11.9 Å². The van der Waals surface area contributed by atoms with Crippen molar-refractivity contribution in [1.29, 1.82) is 5.26 Å². The molecule has 0 radical (unpaired) electrons. The third-order valence-corrected chi connectivity index (χ3v) is 1.86. The maximum absolute atomic E-state index is 11.2. The molecular formula is C11H11N3O4. The zero-order chi connectivity index (χ0) is 13.4. The summed E-state index contributed by atoms with van der Waals surface area (Å²) in [4.78, 5) is 25.7. The summed E-state index contributed by atoms with van der Waals surface area (Å²) >= 11 is 0. The van der Waals surface area contributed by atoms with Crippen LogP contribution in [0.4, 0.5) is 10.5 Å². The van der Waals surface area contributed by atoms with Crippen molar-refractivity contribution in [3.05, 3.63) is 29.8 Å². The van der Waals surface area contributed by atoms with Gasteiger partial charge in [-0.15, -0.1) is 0 Å². The summed E-state index contributed by atoms with van der Waals surface area (Å²) in [5.41, 5.74) is 3.27. The first-order chi connectivity index (χ1) is 8.61. The highest BCUT2D eigenvalue weighted by Gasteiger charge is 2.03. The van der Waals surface area contributed by atoms with Gasteiger partial charge in [0.2, 0.25) is 0 Å². The molecule has 1 aromatic rings. The minimum Gasteiger partial charge on any atom is -0.479 e. The normalized spacial score (nSPS) is 9.28. The summed E-state index contributed by atoms with van der Waals surface area (Å²) in [5.74, 6) is -1.18. The van der Waals surface area contributed by atoms with E-state index in [0.717, 1.165) is 5.56 Å². The van der Waals surface area contributed by atoms with Crippen molar-refractivity contribution < 1.29 is 19.5 Å². The van der Waals surface area contributed by atoms with E-state index >= 15 is 0 Å². The monoisotopic (exact) mass is 249 g/mol. The zero-order valence-electron chi connectivity index (χ0n) is 9.34. The van der Waals surface area contributed by atoms with E-state index in [1.54, 1.807) is 24.3 Å². The number of hydroxylamine groups is 1. The number of benzene rings is 1. The number of hydrogen-bond donors (Lipinski definition) is 3. The van der Waals surface area contributed by atoms with Gasteiger partial charge in [-0.3, -0.25) is 4.84 Å². The van der Waals surface area contributed by atoms with Gasteiger partial charge < -0.3 is 10.4 Å². The molecule has 0 heterocycles. The molecule has 0 saturated heterocycles. The Bertz CT molecular complexity index is 464. The fourth-order valence-corrected chi connectivity index (χ4v) is 1.12. The molecule has 0 unspecified atom stereocenters. The predicted octanol–water partition coefficient (Wildman–Crippen LogP) is 0.890. The van der Waals surface area contributed by atoms with Crippen molar-refractivity contribution in [2.24, 2.45) is 0 Å². The number of carbonyl (C=O) groups excluding carboxylic acids is 1. The van der Waals surface area contributed by atoms with E-state index < -0.39 is 18.6 Å². The smallest absolute Gasteiger partial charge is 0.343 e. The SMILES string of the molecule is N#CCc1ccc(NC(=O)NOCC(=O)O)cc1. The number of nitrogens with zero attached hydrogens (tertiary/aromatic N) is 1. The van der Waals surface area contributed by atoms with Gasteiger partial charge >= 0.3 is 12.0 Å². The van der Waals surface area contributed by atoms with Gasteiger partial charge in [0.05, 0.1) is 12.5 Å². The molecule has 0 aliphatic heterocycles. The molecule has 0 aromatic heterocycles. The van der Waals surface area contributed by atoms with Crippen molar-refractivity contribution in [3.63, 3.8) is 0 Å². The van der Waals surface area contributed by atoms with Crippen LogP contribution in [0.15, 0.2) is 24.3 Å². The number of carboxylic acids is 1. The summed E-state index contributed by atoms with van der Waals surface area (Å²) < 4.78 is 0. The number of carbonyl (C=O) groups is 2. The second-order valence-electron chi connectivity index (χ2n) is 3.27. The van der Waals surface area contributed by atoms with E-state index in [0.29, 0.717) is 12.1 Å². The summed E-state index contributed by atoms with van der Waals surface area (Å²) in [5, 5.41) is 19.2. The van der Waals surface area contributed by atoms with Crippen LogP contribution >= 0.6 is 0 Å². The molecule has 18 heavy (non-hydrogen) atoms. The Morgan fingerprint density at radius 2 is 2.00 bits per heavy atom. The fraction of sp³-hybridized carbons (Fsp3) is 0.182. The number of hydrogen-bond acceptors (Lipinski definition) is 4. The summed E-state index contributed by atoms with van der Waals surface area (Å²) in [7, 11) is 0. The van der Waals surface area contributed by atoms with Gasteiger partial charge in [0, 0.05) is 5.69 Å². The van der Waals surface area contributed by atoms with E-state index in [-0.39, 0.29) is 0 Å². The van der Waals surface area contributed by atoms with Crippen LogP contribution in [0.3, 0.4) is 0 Å². The third-order valence-electron chi connectivity index (χ3n) is 1.86. The molecule has 2 amide bonds. The topological polar surface area (TPSA) is 111 Å². The van der Waals surface area contributed by atoms with Crippen LogP contribution in [-0.2, 0) is 16.1 Å². The summed E-state index contributed by atoms with van der Waals surface area (Å²) in [6, 6.07) is 8.00. The highest BCUT2D eigenvalue weighted by atomic mass is 16.7. The summed E-state index contributed by atoms with van der Waals surface area (Å²) in [6.07, 6.45) is 0.300. The Hall–Kier alpha value is -2.59. The third kappa shape index (κ3) is 4.96. The Kier molecular flexibility index (Phi) is 5.15. The molecule has 0 fully saturated rings. The first kappa shape index (κ1) is 13.5. The summed E-state index contributed by atoms with van der Waals surface area (Å²) in [6.45, 7) is -0.617. The average Bonchev–Trinajstić information content (AvgIpc) is 2.31. The number of amides is 2. The highest BCUT2D eigenvalue weighted by molar-refractivity contribution is 5.88. The van der Waals surface area contributed by atoms with Crippen LogP contribution in [0.25, 0.3) is 0 Å². The number of urea groups is 1. The van der Waals surface area contributed by atoms with Crippen LogP contribution in [0.5, 0.6) is 0 Å². The number of rotatable bonds is 5. The fourth-order valence-electron chi connectivity index (χ4n) is 1.12. The van der Waals surface area contributed by atoms with Crippen LogP contribution in [0.2, 0.25) is 0 Å². The van der Waals surface area contributed by atoms with Crippen molar-refractivity contribution in [2.45, 2.75) is 6.42 Å². The van der Waals surface area contributed by atoms with E-state index in [1.807, 2.05) is 11.5 Å². The Morgan fingerprint density at radius 1 is 1.33 bits per heavy atom. The molecule has 3 N–H and O–H groups in total. The average molecular weight is 249 g/mol. The van der Waals surface area contributed by atoms with Gasteiger partial charge in [-0.25, -0.2) is 15.1 Å². The number of aliphatic carboxylic acids is 1.